The first-order chi connectivity index (χ1) is 5.81. The van der Waals surface area contributed by atoms with Crippen LogP contribution in [0, 0.1) is 5.92 Å². The van der Waals surface area contributed by atoms with Crippen molar-refractivity contribution in [3.8, 4) is 0 Å². The van der Waals surface area contributed by atoms with Crippen LogP contribution in [0.1, 0.15) is 58.8 Å². The van der Waals surface area contributed by atoms with Crippen molar-refractivity contribution in [2.24, 2.45) is 5.92 Å². The van der Waals surface area contributed by atoms with E-state index >= 15 is 0 Å². The zero-order valence-corrected chi connectivity index (χ0v) is 8.51. The summed E-state index contributed by atoms with van der Waals surface area (Å²) in [7, 11) is 0. The van der Waals surface area contributed by atoms with Gasteiger partial charge in [-0.3, -0.25) is 0 Å². The Kier molecular flexibility index (Phi) is 8.52. The van der Waals surface area contributed by atoms with E-state index in [-0.39, 0.29) is 5.92 Å². The lowest BCUT2D eigenvalue weighted by atomic mass is 10.0. The second kappa shape index (κ2) is 8.76. The van der Waals surface area contributed by atoms with Crippen LogP contribution in [0.5, 0.6) is 0 Å². The molecule has 0 saturated carbocycles. The first kappa shape index (κ1) is 11.7. The van der Waals surface area contributed by atoms with Gasteiger partial charge in [-0.1, -0.05) is 52.4 Å². The Balaban J connectivity index is 2.95. The quantitative estimate of drug-likeness (QED) is 0.402. The minimum atomic E-state index is 0.274. The van der Waals surface area contributed by atoms with Gasteiger partial charge in [-0.25, -0.2) is 0 Å². The average Bonchev–Trinajstić information content (AvgIpc) is 2.10. The highest BCUT2D eigenvalue weighted by Crippen LogP contribution is 2.10. The fourth-order valence-electron chi connectivity index (χ4n) is 1.31. The Bertz CT molecular complexity index is 99.2. The van der Waals surface area contributed by atoms with E-state index in [4.69, 9.17) is 0 Å². The van der Waals surface area contributed by atoms with Crippen LogP contribution in [0.15, 0.2) is 0 Å². The predicted octanol–water partition coefficient (Wildman–Crippen LogP) is 3.57. The molecule has 0 aliphatic rings. The second-order valence-corrected chi connectivity index (χ2v) is 3.67. The molecule has 0 rings (SSSR count). The van der Waals surface area contributed by atoms with Crippen LogP contribution < -0.4 is 0 Å². The molecule has 0 aromatic rings. The molecule has 72 valence electrons. The van der Waals surface area contributed by atoms with Gasteiger partial charge in [0.05, 0.1) is 0 Å². The van der Waals surface area contributed by atoms with E-state index < -0.39 is 0 Å². The van der Waals surface area contributed by atoms with Gasteiger partial charge in [0.2, 0.25) is 0 Å². The molecule has 0 aliphatic heterocycles. The zero-order chi connectivity index (χ0) is 9.23. The van der Waals surface area contributed by atoms with Gasteiger partial charge < -0.3 is 4.79 Å². The maximum atomic E-state index is 10.3. The molecule has 1 heteroatoms. The molecule has 1 atom stereocenters. The van der Waals surface area contributed by atoms with Gasteiger partial charge in [-0.05, 0) is 6.42 Å². The molecular weight excluding hydrogens is 148 g/mol. The van der Waals surface area contributed by atoms with E-state index in [1.165, 1.54) is 38.5 Å². The predicted molar refractivity (Wildman–Crippen MR) is 53.2 cm³/mol. The van der Waals surface area contributed by atoms with Gasteiger partial charge in [0, 0.05) is 5.92 Å². The van der Waals surface area contributed by atoms with Crippen molar-refractivity contribution in [2.45, 2.75) is 58.8 Å². The number of aldehydes is 1. The zero-order valence-electron chi connectivity index (χ0n) is 8.51. The number of carbonyl (C=O) groups is 1. The molecule has 12 heavy (non-hydrogen) atoms. The minimum absolute atomic E-state index is 0.274. The topological polar surface area (TPSA) is 17.1 Å². The summed E-state index contributed by atoms with van der Waals surface area (Å²) in [6.07, 6.45) is 10.1. The number of hydrogen-bond donors (Lipinski definition) is 0. The van der Waals surface area contributed by atoms with Crippen molar-refractivity contribution in [3.63, 3.8) is 0 Å². The lowest BCUT2D eigenvalue weighted by Gasteiger charge is -2.02. The van der Waals surface area contributed by atoms with E-state index in [1.54, 1.807) is 0 Å². The van der Waals surface area contributed by atoms with Gasteiger partial charge >= 0.3 is 0 Å². The summed E-state index contributed by atoms with van der Waals surface area (Å²) in [5.41, 5.74) is 0. The highest BCUT2D eigenvalue weighted by Gasteiger charge is 1.97. The Morgan fingerprint density at radius 2 is 1.67 bits per heavy atom. The lowest BCUT2D eigenvalue weighted by Crippen LogP contribution is -1.94. The van der Waals surface area contributed by atoms with Crippen molar-refractivity contribution in [2.75, 3.05) is 0 Å². The molecule has 0 N–H and O–H groups in total. The molecule has 0 unspecified atom stereocenters. The monoisotopic (exact) mass is 170 g/mol. The molecule has 0 saturated heterocycles. The largest absolute Gasteiger partial charge is 0.303 e. The molecule has 0 fully saturated rings. The molecule has 0 aromatic carbocycles. The summed E-state index contributed by atoms with van der Waals surface area (Å²) in [6.45, 7) is 4.23. The van der Waals surface area contributed by atoms with Gasteiger partial charge in [0.25, 0.3) is 0 Å². The summed E-state index contributed by atoms with van der Waals surface area (Å²) in [6, 6.07) is 0. The molecular formula is C11H22O. The smallest absolute Gasteiger partial charge is 0.122 e. The minimum Gasteiger partial charge on any atom is -0.303 e. The first-order valence-electron chi connectivity index (χ1n) is 5.26. The molecule has 1 nitrogen and oxygen atoms in total. The SMILES string of the molecule is CCCCCCCC[C@@H](C)C=O. The Morgan fingerprint density at radius 1 is 1.08 bits per heavy atom. The third-order valence-corrected chi connectivity index (χ3v) is 2.25. The van der Waals surface area contributed by atoms with Crippen molar-refractivity contribution < 1.29 is 4.79 Å². The number of hydrogen-bond acceptors (Lipinski definition) is 1. The van der Waals surface area contributed by atoms with Gasteiger partial charge in [-0.2, -0.15) is 0 Å². The molecule has 0 heterocycles. The standard InChI is InChI=1S/C11H22O/c1-3-4-5-6-7-8-9-11(2)10-12/h10-11H,3-9H2,1-2H3/t11-/m1/s1. The van der Waals surface area contributed by atoms with E-state index in [9.17, 15) is 4.79 Å². The first-order valence-corrected chi connectivity index (χ1v) is 5.26. The van der Waals surface area contributed by atoms with Gasteiger partial charge in [0.15, 0.2) is 0 Å². The summed E-state index contributed by atoms with van der Waals surface area (Å²) in [4.78, 5) is 10.3. The second-order valence-electron chi connectivity index (χ2n) is 3.67. The maximum Gasteiger partial charge on any atom is 0.122 e. The highest BCUT2D eigenvalue weighted by atomic mass is 16.1. The highest BCUT2D eigenvalue weighted by molar-refractivity contribution is 5.52. The number of carbonyl (C=O) groups excluding carboxylic acids is 1. The van der Waals surface area contributed by atoms with Crippen molar-refractivity contribution in [1.82, 2.24) is 0 Å². The van der Waals surface area contributed by atoms with Crippen LogP contribution in [0.2, 0.25) is 0 Å². The third kappa shape index (κ3) is 7.77. The molecule has 0 aliphatic carbocycles. The van der Waals surface area contributed by atoms with Crippen LogP contribution in [0.25, 0.3) is 0 Å². The fourth-order valence-corrected chi connectivity index (χ4v) is 1.31. The van der Waals surface area contributed by atoms with Crippen LogP contribution in [-0.4, -0.2) is 6.29 Å². The van der Waals surface area contributed by atoms with E-state index in [0.29, 0.717) is 0 Å². The molecule has 0 amide bonds. The van der Waals surface area contributed by atoms with Crippen LogP contribution >= 0.6 is 0 Å². The van der Waals surface area contributed by atoms with E-state index in [2.05, 4.69) is 6.92 Å². The lowest BCUT2D eigenvalue weighted by molar-refractivity contribution is -0.110. The van der Waals surface area contributed by atoms with Crippen molar-refractivity contribution in [1.29, 1.82) is 0 Å². The number of unbranched alkanes of at least 4 members (excludes halogenated alkanes) is 5. The summed E-state index contributed by atoms with van der Waals surface area (Å²) in [5, 5.41) is 0. The fraction of sp³-hybridized carbons (Fsp3) is 0.909. The normalized spacial score (nSPS) is 12.8. The number of rotatable bonds is 8. The molecule has 0 spiro atoms. The van der Waals surface area contributed by atoms with E-state index in [0.717, 1.165) is 12.7 Å². The third-order valence-electron chi connectivity index (χ3n) is 2.25. The van der Waals surface area contributed by atoms with E-state index in [1.807, 2.05) is 6.92 Å². The van der Waals surface area contributed by atoms with Crippen LogP contribution in [0.3, 0.4) is 0 Å². The Hall–Kier alpha value is -0.330. The van der Waals surface area contributed by atoms with Gasteiger partial charge in [0.1, 0.15) is 6.29 Å². The average molecular weight is 170 g/mol. The summed E-state index contributed by atoms with van der Waals surface area (Å²) >= 11 is 0. The van der Waals surface area contributed by atoms with Crippen molar-refractivity contribution in [3.05, 3.63) is 0 Å². The Morgan fingerprint density at radius 3 is 2.25 bits per heavy atom. The maximum absolute atomic E-state index is 10.3. The molecule has 0 aromatic heterocycles. The van der Waals surface area contributed by atoms with Crippen LogP contribution in [0.4, 0.5) is 0 Å². The molecule has 0 radical (unpaired) electrons. The van der Waals surface area contributed by atoms with Crippen LogP contribution in [-0.2, 0) is 4.79 Å². The van der Waals surface area contributed by atoms with Gasteiger partial charge in [-0.15, -0.1) is 0 Å². The Labute approximate surface area is 76.6 Å². The molecule has 0 bridgehead atoms. The van der Waals surface area contributed by atoms with Crippen molar-refractivity contribution >= 4 is 6.29 Å². The summed E-state index contributed by atoms with van der Waals surface area (Å²) in [5.74, 6) is 0.274. The summed E-state index contributed by atoms with van der Waals surface area (Å²) < 4.78 is 0.